The van der Waals surface area contributed by atoms with E-state index < -0.39 is 19.7 Å². The molecule has 1 aromatic heterocycles. The first-order valence-corrected chi connectivity index (χ1v) is 12.7. The zero-order valence-electron chi connectivity index (χ0n) is 14.4. The van der Waals surface area contributed by atoms with Crippen molar-refractivity contribution < 1.29 is 16.8 Å². The van der Waals surface area contributed by atoms with Gasteiger partial charge in [-0.3, -0.25) is 0 Å². The lowest BCUT2D eigenvalue weighted by Gasteiger charge is -2.08. The Balaban J connectivity index is 2.05. The molecule has 0 aliphatic heterocycles. The summed E-state index contributed by atoms with van der Waals surface area (Å²) in [5.41, 5.74) is 0.730. The highest BCUT2D eigenvalue weighted by Crippen LogP contribution is 2.35. The number of hydrogen-bond acceptors (Lipinski definition) is 7. The molecule has 0 aliphatic carbocycles. The average Bonchev–Trinajstić information content (AvgIpc) is 3.07. The number of nitrogens with zero attached hydrogens (tertiary/aromatic N) is 1. The Hall–Kier alpha value is -1.65. The van der Waals surface area contributed by atoms with E-state index in [1.807, 2.05) is 0 Å². The number of aromatic nitrogens is 1. The van der Waals surface area contributed by atoms with E-state index in [4.69, 9.17) is 23.2 Å². The Labute approximate surface area is 177 Å². The summed E-state index contributed by atoms with van der Waals surface area (Å²) < 4.78 is 49.6. The number of rotatable bonds is 6. The van der Waals surface area contributed by atoms with Crippen LogP contribution in [0.3, 0.4) is 0 Å². The number of sulfone groups is 2. The van der Waals surface area contributed by atoms with Crippen molar-refractivity contribution >= 4 is 59.2 Å². The van der Waals surface area contributed by atoms with Gasteiger partial charge in [0, 0.05) is 22.8 Å². The van der Waals surface area contributed by atoms with Crippen molar-refractivity contribution in [3.63, 3.8) is 0 Å². The van der Waals surface area contributed by atoms with Gasteiger partial charge in [-0.25, -0.2) is 21.8 Å². The van der Waals surface area contributed by atoms with Crippen LogP contribution in [0.5, 0.6) is 0 Å². The largest absolute Gasteiger partial charge is 0.370 e. The molecule has 0 saturated heterocycles. The van der Waals surface area contributed by atoms with Crippen LogP contribution in [0.4, 0.5) is 5.00 Å². The minimum Gasteiger partial charge on any atom is -0.370 e. The minimum atomic E-state index is -4.06. The van der Waals surface area contributed by atoms with Gasteiger partial charge in [-0.05, 0) is 35.9 Å². The van der Waals surface area contributed by atoms with Crippen molar-refractivity contribution in [3.8, 4) is 0 Å². The SMILES string of the molecule is CS(=O)(=O)c1nc(S(=O)(=O)c2ccc(Cl)cc2)c(NCc2ccccc2Cl)s1. The molecule has 0 unspecified atom stereocenters. The number of halogens is 2. The number of benzene rings is 2. The van der Waals surface area contributed by atoms with Crippen molar-refractivity contribution in [1.82, 2.24) is 4.98 Å². The number of nitrogens with one attached hydrogen (secondary N) is 1. The van der Waals surface area contributed by atoms with Gasteiger partial charge in [0.25, 0.3) is 0 Å². The molecule has 0 amide bonds. The van der Waals surface area contributed by atoms with E-state index in [2.05, 4.69) is 10.3 Å². The first-order chi connectivity index (χ1) is 13.1. The highest BCUT2D eigenvalue weighted by atomic mass is 35.5. The van der Waals surface area contributed by atoms with Gasteiger partial charge in [0.1, 0.15) is 5.00 Å². The van der Waals surface area contributed by atoms with Crippen LogP contribution in [0.2, 0.25) is 10.0 Å². The van der Waals surface area contributed by atoms with Crippen LogP contribution in [0.25, 0.3) is 0 Å². The van der Waals surface area contributed by atoms with Crippen LogP contribution in [0, 0.1) is 0 Å². The van der Waals surface area contributed by atoms with Gasteiger partial charge in [0.2, 0.25) is 24.0 Å². The smallest absolute Gasteiger partial charge is 0.226 e. The second-order valence-electron chi connectivity index (χ2n) is 5.79. The second-order valence-corrected chi connectivity index (χ2v) is 11.7. The van der Waals surface area contributed by atoms with Gasteiger partial charge < -0.3 is 5.32 Å². The van der Waals surface area contributed by atoms with Crippen LogP contribution >= 0.6 is 34.5 Å². The van der Waals surface area contributed by atoms with E-state index in [9.17, 15) is 16.8 Å². The normalized spacial score (nSPS) is 12.1. The van der Waals surface area contributed by atoms with E-state index in [0.717, 1.165) is 23.2 Å². The number of thiazole rings is 1. The Bertz CT molecular complexity index is 1220. The van der Waals surface area contributed by atoms with E-state index in [0.29, 0.717) is 10.0 Å². The van der Waals surface area contributed by atoms with Crippen LogP contribution in [-0.2, 0) is 26.2 Å². The lowest BCUT2D eigenvalue weighted by atomic mass is 10.2. The van der Waals surface area contributed by atoms with E-state index in [1.165, 1.54) is 24.3 Å². The van der Waals surface area contributed by atoms with Crippen LogP contribution in [0.15, 0.2) is 62.8 Å². The number of anilines is 1. The van der Waals surface area contributed by atoms with Crippen molar-refractivity contribution in [2.24, 2.45) is 0 Å². The molecule has 3 aromatic rings. The van der Waals surface area contributed by atoms with Gasteiger partial charge >= 0.3 is 0 Å². The fraction of sp³-hybridized carbons (Fsp3) is 0.118. The highest BCUT2D eigenvalue weighted by Gasteiger charge is 2.29. The summed E-state index contributed by atoms with van der Waals surface area (Å²) in [5.74, 6) is 0. The molecule has 0 atom stereocenters. The zero-order chi connectivity index (χ0) is 20.5. The Morgan fingerprint density at radius 2 is 1.64 bits per heavy atom. The molecule has 0 fully saturated rings. The first-order valence-electron chi connectivity index (χ1n) is 7.78. The maximum Gasteiger partial charge on any atom is 0.226 e. The van der Waals surface area contributed by atoms with Crippen LogP contribution in [-0.4, -0.2) is 28.1 Å². The molecule has 0 spiro atoms. The molecule has 28 heavy (non-hydrogen) atoms. The Morgan fingerprint density at radius 3 is 2.25 bits per heavy atom. The third-order valence-corrected chi connectivity index (χ3v) is 8.81. The van der Waals surface area contributed by atoms with Gasteiger partial charge in [0.05, 0.1) is 4.90 Å². The molecular formula is C17H14Cl2N2O4S3. The molecular weight excluding hydrogens is 463 g/mol. The monoisotopic (exact) mass is 476 g/mol. The van der Waals surface area contributed by atoms with Crippen LogP contribution < -0.4 is 5.32 Å². The molecule has 3 rings (SSSR count). The Morgan fingerprint density at radius 1 is 1.00 bits per heavy atom. The van der Waals surface area contributed by atoms with Gasteiger partial charge in [-0.2, -0.15) is 0 Å². The Kier molecular flexibility index (Phi) is 6.02. The van der Waals surface area contributed by atoms with Gasteiger partial charge in [-0.1, -0.05) is 52.7 Å². The van der Waals surface area contributed by atoms with Gasteiger partial charge in [-0.15, -0.1) is 0 Å². The fourth-order valence-corrected chi connectivity index (χ4v) is 6.13. The molecule has 0 saturated carbocycles. The predicted octanol–water partition coefficient (Wildman–Crippen LogP) is 4.30. The third kappa shape index (κ3) is 4.49. The summed E-state index contributed by atoms with van der Waals surface area (Å²) in [6.45, 7) is 0.203. The maximum absolute atomic E-state index is 13.0. The minimum absolute atomic E-state index is 0.0388. The van der Waals surface area contributed by atoms with Gasteiger partial charge in [0.15, 0.2) is 5.03 Å². The summed E-state index contributed by atoms with van der Waals surface area (Å²) in [6.07, 6.45) is 0.975. The summed E-state index contributed by atoms with van der Waals surface area (Å²) in [6, 6.07) is 12.6. The van der Waals surface area contributed by atoms with Crippen molar-refractivity contribution in [2.45, 2.75) is 20.8 Å². The second kappa shape index (κ2) is 8.00. The molecule has 0 bridgehead atoms. The summed E-state index contributed by atoms with van der Waals surface area (Å²) in [7, 11) is -7.75. The van der Waals surface area contributed by atoms with Crippen molar-refractivity contribution in [2.75, 3.05) is 11.6 Å². The number of hydrogen-bond donors (Lipinski definition) is 1. The molecule has 1 heterocycles. The molecule has 2 aromatic carbocycles. The van der Waals surface area contributed by atoms with Crippen LogP contribution in [0.1, 0.15) is 5.56 Å². The topological polar surface area (TPSA) is 93.2 Å². The molecule has 11 heteroatoms. The molecule has 148 valence electrons. The molecule has 0 radical (unpaired) electrons. The highest BCUT2D eigenvalue weighted by molar-refractivity contribution is 7.93. The van der Waals surface area contributed by atoms with Crippen molar-refractivity contribution in [1.29, 1.82) is 0 Å². The molecule has 0 aliphatic rings. The molecule has 6 nitrogen and oxygen atoms in total. The quantitative estimate of drug-likeness (QED) is 0.569. The standard InChI is InChI=1S/C17H14Cl2N2O4S3/c1-27(22,23)17-21-16(28(24,25)13-8-6-12(18)7-9-13)15(26-17)20-10-11-4-2-3-5-14(11)19/h2-9,20H,10H2,1H3. The lowest BCUT2D eigenvalue weighted by Crippen LogP contribution is -2.08. The zero-order valence-corrected chi connectivity index (χ0v) is 18.3. The summed E-state index contributed by atoms with van der Waals surface area (Å²) in [5, 5.41) is 3.60. The van der Waals surface area contributed by atoms with E-state index in [1.54, 1.807) is 24.3 Å². The molecule has 1 N–H and O–H groups in total. The fourth-order valence-electron chi connectivity index (χ4n) is 2.28. The third-order valence-electron chi connectivity index (χ3n) is 3.67. The predicted molar refractivity (Wildman–Crippen MR) is 111 cm³/mol. The van der Waals surface area contributed by atoms with Crippen molar-refractivity contribution in [3.05, 3.63) is 64.1 Å². The van der Waals surface area contributed by atoms with E-state index >= 15 is 0 Å². The summed E-state index contributed by atoms with van der Waals surface area (Å²) >= 11 is 12.7. The summed E-state index contributed by atoms with van der Waals surface area (Å²) in [4.78, 5) is 3.86. The first kappa shape index (κ1) is 21.1. The lowest BCUT2D eigenvalue weighted by molar-refractivity contribution is 0.591. The van der Waals surface area contributed by atoms with E-state index in [-0.39, 0.29) is 25.8 Å². The maximum atomic E-state index is 13.0. The average molecular weight is 477 g/mol.